The van der Waals surface area contributed by atoms with E-state index in [4.69, 9.17) is 0 Å². The number of nitrogens with one attached hydrogen (secondary N) is 2. The topological polar surface area (TPSA) is 96.3 Å². The molecule has 4 rings (SSSR count). The van der Waals surface area contributed by atoms with Crippen LogP contribution in [0.1, 0.15) is 59.1 Å². The van der Waals surface area contributed by atoms with Crippen LogP contribution in [0.3, 0.4) is 0 Å². The fourth-order valence-electron chi connectivity index (χ4n) is 4.45. The predicted molar refractivity (Wildman–Crippen MR) is 127 cm³/mol. The first-order valence-corrected chi connectivity index (χ1v) is 12.6. The monoisotopic (exact) mass is 469 g/mol. The van der Waals surface area contributed by atoms with E-state index in [1.807, 2.05) is 6.26 Å². The van der Waals surface area contributed by atoms with Crippen LogP contribution < -0.4 is 10.6 Å². The van der Waals surface area contributed by atoms with E-state index in [1.165, 1.54) is 20.5 Å². The van der Waals surface area contributed by atoms with E-state index >= 15 is 0 Å². The van der Waals surface area contributed by atoms with Crippen molar-refractivity contribution in [3.8, 4) is 0 Å². The van der Waals surface area contributed by atoms with E-state index in [-0.39, 0.29) is 36.0 Å². The number of fused-ring (bicyclic) bond motifs is 1. The van der Waals surface area contributed by atoms with Gasteiger partial charge in [0.05, 0.1) is 6.54 Å². The second-order valence-electron chi connectivity index (χ2n) is 9.02. The number of rotatable bonds is 7. The number of hydrogen-bond donors (Lipinski definition) is 2. The first kappa shape index (κ1) is 23.4. The third kappa shape index (κ3) is 4.78. The summed E-state index contributed by atoms with van der Waals surface area (Å²) < 4.78 is 1.49. The van der Waals surface area contributed by atoms with Gasteiger partial charge in [0.15, 0.2) is 5.69 Å². The number of carbonyl (C=O) groups is 3. The molecular formula is C24H31N5O3S. The van der Waals surface area contributed by atoms with Crippen LogP contribution in [0.2, 0.25) is 0 Å². The molecular weight excluding hydrogens is 438 g/mol. The number of nitrogens with zero attached hydrogens (tertiary/aromatic N) is 3. The molecule has 0 saturated heterocycles. The number of amides is 3. The molecule has 1 saturated carbocycles. The van der Waals surface area contributed by atoms with Crippen LogP contribution in [0.5, 0.6) is 0 Å². The van der Waals surface area contributed by atoms with Crippen molar-refractivity contribution in [1.29, 1.82) is 0 Å². The van der Waals surface area contributed by atoms with Crippen LogP contribution in [-0.4, -0.2) is 63.8 Å². The molecule has 9 heteroatoms. The molecule has 0 spiro atoms. The Morgan fingerprint density at radius 3 is 2.58 bits per heavy atom. The zero-order chi connectivity index (χ0) is 23.6. The molecule has 1 fully saturated rings. The van der Waals surface area contributed by atoms with Crippen molar-refractivity contribution in [1.82, 2.24) is 25.3 Å². The molecule has 3 amide bonds. The van der Waals surface area contributed by atoms with Gasteiger partial charge in [0, 0.05) is 30.6 Å². The minimum atomic E-state index is -1.06. The van der Waals surface area contributed by atoms with Gasteiger partial charge in [-0.2, -0.15) is 5.10 Å². The zero-order valence-corrected chi connectivity index (χ0v) is 20.2. The maximum absolute atomic E-state index is 13.1. The Kier molecular flexibility index (Phi) is 6.78. The van der Waals surface area contributed by atoms with Gasteiger partial charge >= 0.3 is 0 Å². The van der Waals surface area contributed by atoms with Crippen molar-refractivity contribution in [3.63, 3.8) is 0 Å². The zero-order valence-electron chi connectivity index (χ0n) is 19.4. The lowest BCUT2D eigenvalue weighted by atomic mass is 9.95. The van der Waals surface area contributed by atoms with Gasteiger partial charge in [-0.3, -0.25) is 19.1 Å². The predicted octanol–water partition coefficient (Wildman–Crippen LogP) is 2.48. The molecule has 0 bridgehead atoms. The van der Waals surface area contributed by atoms with Crippen LogP contribution in [0.15, 0.2) is 35.2 Å². The highest BCUT2D eigenvalue weighted by Gasteiger charge is 2.46. The summed E-state index contributed by atoms with van der Waals surface area (Å²) >= 11 is 1.69. The molecule has 8 nitrogen and oxygen atoms in total. The Bertz CT molecular complexity index is 1040. The maximum Gasteiger partial charge on any atom is 0.272 e. The molecule has 176 valence electrons. The summed E-state index contributed by atoms with van der Waals surface area (Å²) in [7, 11) is 1.63. The van der Waals surface area contributed by atoms with E-state index in [2.05, 4.69) is 40.0 Å². The Morgan fingerprint density at radius 2 is 1.91 bits per heavy atom. The summed E-state index contributed by atoms with van der Waals surface area (Å²) in [4.78, 5) is 41.4. The standard InChI is InChI=1S/C24H31N5O3S/c1-24(23(32)26-17-6-4-5-7-17)15-29-20(22(31)28(24)2)14-19(27-29)21(30)25-13-12-16-8-10-18(33-3)11-9-16/h8-11,14,17H,4-7,12-13,15H2,1-3H3,(H,25,30)(H,26,32)/t24-/m0/s1. The number of thioether (sulfide) groups is 1. The third-order valence-electron chi connectivity index (χ3n) is 6.77. The SMILES string of the molecule is CSc1ccc(CCNC(=O)c2cc3n(n2)C[C@@](C)(C(=O)NC2CCCC2)N(C)C3=O)cc1. The smallest absolute Gasteiger partial charge is 0.272 e. The lowest BCUT2D eigenvalue weighted by Crippen LogP contribution is -2.63. The van der Waals surface area contributed by atoms with E-state index in [9.17, 15) is 14.4 Å². The lowest BCUT2D eigenvalue weighted by molar-refractivity contribution is -0.133. The molecule has 1 aromatic carbocycles. The second kappa shape index (κ2) is 9.59. The van der Waals surface area contributed by atoms with Gasteiger partial charge in [0.25, 0.3) is 11.8 Å². The molecule has 1 aromatic heterocycles. The molecule has 2 heterocycles. The van der Waals surface area contributed by atoms with Crippen LogP contribution in [0, 0.1) is 0 Å². The molecule has 2 N–H and O–H groups in total. The van der Waals surface area contributed by atoms with E-state index in [1.54, 1.807) is 25.7 Å². The summed E-state index contributed by atoms with van der Waals surface area (Å²) in [5, 5.41) is 10.3. The Labute approximate surface area is 198 Å². The summed E-state index contributed by atoms with van der Waals surface area (Å²) in [5.74, 6) is -0.819. The maximum atomic E-state index is 13.1. The van der Waals surface area contributed by atoms with Crippen LogP contribution >= 0.6 is 11.8 Å². The summed E-state index contributed by atoms with van der Waals surface area (Å²) in [6, 6.07) is 9.91. The Balaban J connectivity index is 1.41. The molecule has 33 heavy (non-hydrogen) atoms. The molecule has 0 radical (unpaired) electrons. The van der Waals surface area contributed by atoms with Crippen molar-refractivity contribution in [2.45, 2.75) is 62.0 Å². The fraction of sp³-hybridized carbons (Fsp3) is 0.500. The van der Waals surface area contributed by atoms with Gasteiger partial charge in [-0.15, -0.1) is 11.8 Å². The minimum Gasteiger partial charge on any atom is -0.351 e. The van der Waals surface area contributed by atoms with Crippen molar-refractivity contribution in [3.05, 3.63) is 47.3 Å². The van der Waals surface area contributed by atoms with Gasteiger partial charge in [-0.1, -0.05) is 25.0 Å². The van der Waals surface area contributed by atoms with Crippen LogP contribution in [-0.2, 0) is 17.8 Å². The molecule has 2 aliphatic rings. The Morgan fingerprint density at radius 1 is 1.21 bits per heavy atom. The Hall–Kier alpha value is -2.81. The average Bonchev–Trinajstić information content (AvgIpc) is 3.48. The van der Waals surface area contributed by atoms with E-state index < -0.39 is 5.54 Å². The molecule has 1 aliphatic heterocycles. The quantitative estimate of drug-likeness (QED) is 0.608. The number of hydrogen-bond acceptors (Lipinski definition) is 5. The fourth-order valence-corrected chi connectivity index (χ4v) is 4.86. The lowest BCUT2D eigenvalue weighted by Gasteiger charge is -2.41. The van der Waals surface area contributed by atoms with Crippen molar-refractivity contribution in [2.24, 2.45) is 0 Å². The molecule has 0 unspecified atom stereocenters. The number of aromatic nitrogens is 2. The molecule has 1 atom stereocenters. The summed E-state index contributed by atoms with van der Waals surface area (Å²) in [6.07, 6.45) is 6.90. The normalized spacial score (nSPS) is 20.6. The second-order valence-corrected chi connectivity index (χ2v) is 9.90. The highest BCUT2D eigenvalue weighted by molar-refractivity contribution is 7.98. The van der Waals surface area contributed by atoms with Gasteiger partial charge in [-0.25, -0.2) is 0 Å². The summed E-state index contributed by atoms with van der Waals surface area (Å²) in [5.41, 5.74) is 0.583. The van der Waals surface area contributed by atoms with Gasteiger partial charge < -0.3 is 15.5 Å². The molecule has 1 aliphatic carbocycles. The average molecular weight is 470 g/mol. The van der Waals surface area contributed by atoms with Gasteiger partial charge in [-0.05, 0) is 50.1 Å². The minimum absolute atomic E-state index is 0.162. The van der Waals surface area contributed by atoms with Crippen molar-refractivity contribution in [2.75, 3.05) is 19.8 Å². The number of benzene rings is 1. The van der Waals surface area contributed by atoms with Gasteiger partial charge in [0.1, 0.15) is 11.2 Å². The highest BCUT2D eigenvalue weighted by Crippen LogP contribution is 2.27. The first-order valence-electron chi connectivity index (χ1n) is 11.4. The van der Waals surface area contributed by atoms with Crippen LogP contribution in [0.25, 0.3) is 0 Å². The van der Waals surface area contributed by atoms with E-state index in [0.717, 1.165) is 31.2 Å². The highest BCUT2D eigenvalue weighted by atomic mass is 32.2. The first-order chi connectivity index (χ1) is 15.8. The van der Waals surface area contributed by atoms with Gasteiger partial charge in [0.2, 0.25) is 5.91 Å². The van der Waals surface area contributed by atoms with Crippen molar-refractivity contribution < 1.29 is 14.4 Å². The molecule has 2 aromatic rings. The van der Waals surface area contributed by atoms with Crippen molar-refractivity contribution >= 4 is 29.5 Å². The van der Waals surface area contributed by atoms with Crippen LogP contribution in [0.4, 0.5) is 0 Å². The number of likely N-dealkylation sites (N-methyl/N-ethyl adjacent to an activating group) is 1. The number of carbonyl (C=O) groups excluding carboxylic acids is 3. The largest absolute Gasteiger partial charge is 0.351 e. The summed E-state index contributed by atoms with van der Waals surface area (Å²) in [6.45, 7) is 2.43. The third-order valence-corrected chi connectivity index (χ3v) is 7.52. The van der Waals surface area contributed by atoms with E-state index in [0.29, 0.717) is 18.7 Å².